The monoisotopic (exact) mass is 314 g/mol. The summed E-state index contributed by atoms with van der Waals surface area (Å²) in [6, 6.07) is 3.35. The molecule has 0 unspecified atom stereocenters. The lowest BCUT2D eigenvalue weighted by molar-refractivity contribution is -0.387. The van der Waals surface area contributed by atoms with E-state index in [-0.39, 0.29) is 5.56 Å². The van der Waals surface area contributed by atoms with E-state index in [1.54, 1.807) is 0 Å². The van der Waals surface area contributed by atoms with Crippen molar-refractivity contribution in [2.75, 3.05) is 12.8 Å². The molecule has 0 bridgehead atoms. The molecule has 0 atom stereocenters. The number of hydrogen-bond donors (Lipinski definition) is 1. The molecule has 7 nitrogen and oxygen atoms in total. The number of nitro groups is 1. The van der Waals surface area contributed by atoms with E-state index in [2.05, 4.69) is 5.32 Å². The molecule has 0 aliphatic heterocycles. The molecular formula is C13H18N2O5S. The number of carbonyl (C=O) groups is 1. The van der Waals surface area contributed by atoms with Crippen LogP contribution in [-0.2, 0) is 9.84 Å². The highest BCUT2D eigenvalue weighted by Crippen LogP contribution is 2.24. The normalized spacial score (nSPS) is 11.4. The molecule has 1 aromatic carbocycles. The lowest BCUT2D eigenvalue weighted by Crippen LogP contribution is -2.25. The van der Waals surface area contributed by atoms with Gasteiger partial charge in [-0.3, -0.25) is 14.9 Å². The molecule has 8 heteroatoms. The van der Waals surface area contributed by atoms with Crippen molar-refractivity contribution in [3.63, 3.8) is 0 Å². The number of hydrogen-bond acceptors (Lipinski definition) is 5. The zero-order valence-electron chi connectivity index (χ0n) is 12.1. The van der Waals surface area contributed by atoms with Gasteiger partial charge in [0.1, 0.15) is 4.90 Å². The fourth-order valence-corrected chi connectivity index (χ4v) is 2.52. The maximum atomic E-state index is 11.9. The van der Waals surface area contributed by atoms with Crippen molar-refractivity contribution in [1.82, 2.24) is 5.32 Å². The first-order valence-corrected chi connectivity index (χ1v) is 8.28. The van der Waals surface area contributed by atoms with Crippen molar-refractivity contribution < 1.29 is 18.1 Å². The smallest absolute Gasteiger partial charge is 0.288 e. The molecule has 0 spiro atoms. The maximum Gasteiger partial charge on any atom is 0.288 e. The van der Waals surface area contributed by atoms with Crippen LogP contribution in [0.4, 0.5) is 5.69 Å². The Hall–Kier alpha value is -1.96. The standard InChI is InChI=1S/C13H18N2O5S/c1-9(2)6-7-14-13(16)10-4-5-12(21(3,19)20)11(8-10)15(17)18/h4-5,8-9H,6-7H2,1-3H3,(H,14,16). The lowest BCUT2D eigenvalue weighted by atomic mass is 10.1. The van der Waals surface area contributed by atoms with Crippen LogP contribution in [0.15, 0.2) is 23.1 Å². The summed E-state index contributed by atoms with van der Waals surface area (Å²) in [5.74, 6) is -0.0361. The minimum atomic E-state index is -3.72. The topological polar surface area (TPSA) is 106 Å². The van der Waals surface area contributed by atoms with E-state index >= 15 is 0 Å². The molecule has 0 saturated carbocycles. The molecule has 0 radical (unpaired) electrons. The summed E-state index contributed by atoms with van der Waals surface area (Å²) in [5, 5.41) is 13.6. The van der Waals surface area contributed by atoms with Crippen molar-refractivity contribution in [2.45, 2.75) is 25.2 Å². The Balaban J connectivity index is 3.04. The van der Waals surface area contributed by atoms with E-state index in [4.69, 9.17) is 0 Å². The van der Waals surface area contributed by atoms with Crippen molar-refractivity contribution in [3.8, 4) is 0 Å². The SMILES string of the molecule is CC(C)CCNC(=O)c1ccc(S(C)(=O)=O)c([N+](=O)[O-])c1. The highest BCUT2D eigenvalue weighted by molar-refractivity contribution is 7.90. The average Bonchev–Trinajstić information content (AvgIpc) is 2.36. The highest BCUT2D eigenvalue weighted by atomic mass is 32.2. The van der Waals surface area contributed by atoms with Gasteiger partial charge in [-0.2, -0.15) is 0 Å². The molecule has 0 aliphatic carbocycles. The predicted octanol–water partition coefficient (Wildman–Crippen LogP) is 1.77. The number of carbonyl (C=O) groups excluding carboxylic acids is 1. The van der Waals surface area contributed by atoms with Gasteiger partial charge < -0.3 is 5.32 Å². The molecule has 0 aliphatic rings. The predicted molar refractivity (Wildman–Crippen MR) is 78.0 cm³/mol. The van der Waals surface area contributed by atoms with Crippen molar-refractivity contribution in [3.05, 3.63) is 33.9 Å². The summed E-state index contributed by atoms with van der Waals surface area (Å²) in [6.45, 7) is 4.48. The Labute approximate surface area is 123 Å². The van der Waals surface area contributed by atoms with Gasteiger partial charge in [0, 0.05) is 24.4 Å². The number of nitrogens with zero attached hydrogens (tertiary/aromatic N) is 1. The third-order valence-corrected chi connectivity index (χ3v) is 3.97. The van der Waals surface area contributed by atoms with E-state index < -0.39 is 31.3 Å². The van der Waals surface area contributed by atoms with Crippen LogP contribution in [0.2, 0.25) is 0 Å². The Morgan fingerprint density at radius 2 is 2.00 bits per heavy atom. The van der Waals surface area contributed by atoms with Crippen LogP contribution in [-0.4, -0.2) is 32.0 Å². The minimum Gasteiger partial charge on any atom is -0.352 e. The summed E-state index contributed by atoms with van der Waals surface area (Å²) in [5.41, 5.74) is -0.521. The molecule has 0 saturated heterocycles. The molecule has 1 amide bonds. The quantitative estimate of drug-likeness (QED) is 0.636. The molecule has 1 aromatic rings. The molecular weight excluding hydrogens is 296 g/mol. The Morgan fingerprint density at radius 1 is 1.38 bits per heavy atom. The summed E-state index contributed by atoms with van der Waals surface area (Å²) < 4.78 is 23.0. The van der Waals surface area contributed by atoms with E-state index in [1.165, 1.54) is 6.07 Å². The van der Waals surface area contributed by atoms with Crippen LogP contribution in [0, 0.1) is 16.0 Å². The van der Waals surface area contributed by atoms with E-state index in [9.17, 15) is 23.3 Å². The summed E-state index contributed by atoms with van der Waals surface area (Å²) in [6.07, 6.45) is 1.67. The van der Waals surface area contributed by atoms with Gasteiger partial charge in [-0.25, -0.2) is 8.42 Å². The van der Waals surface area contributed by atoms with Gasteiger partial charge in [-0.05, 0) is 24.5 Å². The second-order valence-corrected chi connectivity index (χ2v) is 7.13. The van der Waals surface area contributed by atoms with Gasteiger partial charge in [-0.1, -0.05) is 13.8 Å². The van der Waals surface area contributed by atoms with Gasteiger partial charge in [0.05, 0.1) is 4.92 Å². The number of nitrogens with one attached hydrogen (secondary N) is 1. The first-order valence-electron chi connectivity index (χ1n) is 6.39. The highest BCUT2D eigenvalue weighted by Gasteiger charge is 2.23. The fourth-order valence-electron chi connectivity index (χ4n) is 1.69. The van der Waals surface area contributed by atoms with Crippen molar-refractivity contribution in [1.29, 1.82) is 0 Å². The zero-order valence-corrected chi connectivity index (χ0v) is 12.9. The first kappa shape index (κ1) is 17.1. The molecule has 116 valence electrons. The molecule has 21 heavy (non-hydrogen) atoms. The molecule has 0 aromatic heterocycles. The van der Waals surface area contributed by atoms with E-state index in [1.807, 2.05) is 13.8 Å². The lowest BCUT2D eigenvalue weighted by Gasteiger charge is -2.08. The van der Waals surface area contributed by atoms with Crippen LogP contribution in [0.5, 0.6) is 0 Å². The third-order valence-electron chi connectivity index (χ3n) is 2.82. The minimum absolute atomic E-state index is 0.0675. The summed E-state index contributed by atoms with van der Waals surface area (Å²) in [4.78, 5) is 21.6. The van der Waals surface area contributed by atoms with Gasteiger partial charge >= 0.3 is 0 Å². The zero-order chi connectivity index (χ0) is 16.2. The van der Waals surface area contributed by atoms with E-state index in [0.717, 1.165) is 24.8 Å². The first-order chi connectivity index (χ1) is 9.62. The van der Waals surface area contributed by atoms with Crippen LogP contribution in [0.25, 0.3) is 0 Å². The number of nitro benzene ring substituents is 1. The van der Waals surface area contributed by atoms with Gasteiger partial charge in [-0.15, -0.1) is 0 Å². The van der Waals surface area contributed by atoms with Crippen LogP contribution < -0.4 is 5.32 Å². The Morgan fingerprint density at radius 3 is 2.48 bits per heavy atom. The fraction of sp³-hybridized carbons (Fsp3) is 0.462. The number of sulfone groups is 1. The van der Waals surface area contributed by atoms with Crippen LogP contribution >= 0.6 is 0 Å². The average molecular weight is 314 g/mol. The molecule has 1 rings (SSSR count). The van der Waals surface area contributed by atoms with Gasteiger partial charge in [0.15, 0.2) is 9.84 Å². The Bertz CT molecular complexity index is 653. The summed E-state index contributed by atoms with van der Waals surface area (Å²) in [7, 11) is -3.72. The maximum absolute atomic E-state index is 11.9. The van der Waals surface area contributed by atoms with Crippen LogP contribution in [0.3, 0.4) is 0 Å². The summed E-state index contributed by atoms with van der Waals surface area (Å²) >= 11 is 0. The van der Waals surface area contributed by atoms with Gasteiger partial charge in [0.2, 0.25) is 0 Å². The number of rotatable bonds is 6. The molecule has 0 heterocycles. The van der Waals surface area contributed by atoms with Crippen molar-refractivity contribution >= 4 is 21.4 Å². The molecule has 0 fully saturated rings. The van der Waals surface area contributed by atoms with Crippen LogP contribution in [0.1, 0.15) is 30.6 Å². The largest absolute Gasteiger partial charge is 0.352 e. The van der Waals surface area contributed by atoms with E-state index in [0.29, 0.717) is 12.5 Å². The Kier molecular flexibility index (Phi) is 5.42. The number of amides is 1. The molecule has 1 N–H and O–H groups in total. The van der Waals surface area contributed by atoms with Gasteiger partial charge in [0.25, 0.3) is 11.6 Å². The number of benzene rings is 1. The second kappa shape index (κ2) is 6.66. The van der Waals surface area contributed by atoms with Crippen molar-refractivity contribution in [2.24, 2.45) is 5.92 Å². The second-order valence-electron chi connectivity index (χ2n) is 5.15. The third kappa shape index (κ3) is 4.82.